The minimum Gasteiger partial charge on any atom is -0.493 e. The highest BCUT2D eigenvalue weighted by molar-refractivity contribution is 5.40. The van der Waals surface area contributed by atoms with Gasteiger partial charge >= 0.3 is 0 Å². The van der Waals surface area contributed by atoms with Crippen LogP contribution in [0.15, 0.2) is 18.2 Å². The summed E-state index contributed by atoms with van der Waals surface area (Å²) in [5, 5.41) is 10.00. The van der Waals surface area contributed by atoms with Crippen molar-refractivity contribution in [1.29, 1.82) is 0 Å². The lowest BCUT2D eigenvalue weighted by Gasteiger charge is -2.17. The number of ether oxygens (including phenoxy) is 1. The fourth-order valence-corrected chi connectivity index (χ4v) is 1.85. The van der Waals surface area contributed by atoms with Gasteiger partial charge in [-0.2, -0.15) is 0 Å². The molecule has 0 saturated heterocycles. The first-order valence-electron chi connectivity index (χ1n) is 5.36. The van der Waals surface area contributed by atoms with Crippen LogP contribution in [0.3, 0.4) is 0 Å². The van der Waals surface area contributed by atoms with E-state index in [4.69, 9.17) is 10.5 Å². The molecule has 0 spiro atoms. The highest BCUT2D eigenvalue weighted by Crippen LogP contribution is 2.30. The van der Waals surface area contributed by atoms with Gasteiger partial charge in [0.25, 0.3) is 0 Å². The molecule has 15 heavy (non-hydrogen) atoms. The first kappa shape index (κ1) is 10.5. The molecule has 0 radical (unpaired) electrons. The summed E-state index contributed by atoms with van der Waals surface area (Å²) in [7, 11) is 0. The number of rotatable bonds is 3. The lowest BCUT2D eigenvalue weighted by atomic mass is 9.96. The fourth-order valence-electron chi connectivity index (χ4n) is 1.85. The molecule has 1 heterocycles. The summed E-state index contributed by atoms with van der Waals surface area (Å²) < 4.78 is 5.41. The molecule has 3 nitrogen and oxygen atoms in total. The van der Waals surface area contributed by atoms with Crippen molar-refractivity contribution in [3.05, 3.63) is 29.3 Å². The zero-order valence-corrected chi connectivity index (χ0v) is 8.94. The van der Waals surface area contributed by atoms with Gasteiger partial charge in [0.1, 0.15) is 5.75 Å². The summed E-state index contributed by atoms with van der Waals surface area (Å²) >= 11 is 0. The number of hydrogen-bond acceptors (Lipinski definition) is 3. The second-order valence-electron chi connectivity index (χ2n) is 4.12. The molecule has 0 saturated carbocycles. The van der Waals surface area contributed by atoms with Gasteiger partial charge in [-0.05, 0) is 35.7 Å². The Labute approximate surface area is 89.9 Å². The van der Waals surface area contributed by atoms with Crippen molar-refractivity contribution >= 4 is 0 Å². The maximum Gasteiger partial charge on any atom is 0.122 e. The van der Waals surface area contributed by atoms with Crippen molar-refractivity contribution in [2.75, 3.05) is 13.2 Å². The van der Waals surface area contributed by atoms with Crippen LogP contribution in [0.2, 0.25) is 0 Å². The van der Waals surface area contributed by atoms with E-state index in [-0.39, 0.29) is 5.92 Å². The Kier molecular flexibility index (Phi) is 2.93. The Bertz CT molecular complexity index is 351. The Morgan fingerprint density at radius 1 is 1.53 bits per heavy atom. The van der Waals surface area contributed by atoms with Crippen LogP contribution >= 0.6 is 0 Å². The van der Waals surface area contributed by atoms with E-state index in [0.29, 0.717) is 6.54 Å². The molecule has 1 aliphatic heterocycles. The zero-order valence-electron chi connectivity index (χ0n) is 8.94. The van der Waals surface area contributed by atoms with Crippen molar-refractivity contribution in [3.63, 3.8) is 0 Å². The van der Waals surface area contributed by atoms with Gasteiger partial charge in [0.05, 0.1) is 12.7 Å². The minimum absolute atomic E-state index is 0.0883. The van der Waals surface area contributed by atoms with Crippen LogP contribution in [0.25, 0.3) is 0 Å². The van der Waals surface area contributed by atoms with Crippen LogP contribution in [0.5, 0.6) is 5.75 Å². The smallest absolute Gasteiger partial charge is 0.122 e. The number of benzene rings is 1. The molecule has 0 bridgehead atoms. The molecule has 0 fully saturated rings. The predicted molar refractivity (Wildman–Crippen MR) is 58.8 cm³/mol. The summed E-state index contributed by atoms with van der Waals surface area (Å²) in [6, 6.07) is 5.88. The van der Waals surface area contributed by atoms with Crippen LogP contribution in [0.4, 0.5) is 0 Å². The highest BCUT2D eigenvalue weighted by atomic mass is 16.5. The Balaban J connectivity index is 2.22. The van der Waals surface area contributed by atoms with Gasteiger partial charge in [0.2, 0.25) is 0 Å². The lowest BCUT2D eigenvalue weighted by molar-refractivity contribution is 0.121. The van der Waals surface area contributed by atoms with Crippen LogP contribution in [-0.4, -0.2) is 18.3 Å². The van der Waals surface area contributed by atoms with Gasteiger partial charge in [-0.15, -0.1) is 0 Å². The standard InChI is InChI=1S/C12H17NO2/c1-8(7-13)12(14)10-2-3-11-9(6-10)4-5-15-11/h2-3,6,8,12,14H,4-5,7,13H2,1H3. The quantitative estimate of drug-likeness (QED) is 0.784. The van der Waals surface area contributed by atoms with E-state index in [9.17, 15) is 5.11 Å². The van der Waals surface area contributed by atoms with E-state index >= 15 is 0 Å². The van der Waals surface area contributed by atoms with E-state index in [0.717, 1.165) is 24.3 Å². The number of aliphatic hydroxyl groups is 1. The summed E-state index contributed by atoms with van der Waals surface area (Å²) in [6.07, 6.45) is 0.466. The molecule has 0 aromatic heterocycles. The van der Waals surface area contributed by atoms with Gasteiger partial charge in [0, 0.05) is 6.42 Å². The normalized spacial score (nSPS) is 18.1. The number of aliphatic hydroxyl groups excluding tert-OH is 1. The van der Waals surface area contributed by atoms with E-state index in [1.54, 1.807) is 0 Å². The Hall–Kier alpha value is -1.06. The van der Waals surface area contributed by atoms with E-state index < -0.39 is 6.10 Å². The average molecular weight is 207 g/mol. The van der Waals surface area contributed by atoms with E-state index in [1.807, 2.05) is 25.1 Å². The van der Waals surface area contributed by atoms with Crippen LogP contribution in [0.1, 0.15) is 24.2 Å². The monoisotopic (exact) mass is 207 g/mol. The predicted octanol–water partition coefficient (Wildman–Crippen LogP) is 1.25. The molecule has 1 aliphatic rings. The van der Waals surface area contributed by atoms with Gasteiger partial charge in [-0.3, -0.25) is 0 Å². The van der Waals surface area contributed by atoms with Gasteiger partial charge in [0.15, 0.2) is 0 Å². The molecule has 2 rings (SSSR count). The third-order valence-electron chi connectivity index (χ3n) is 2.97. The topological polar surface area (TPSA) is 55.5 Å². The molecular weight excluding hydrogens is 190 g/mol. The molecule has 3 N–H and O–H groups in total. The Morgan fingerprint density at radius 2 is 2.33 bits per heavy atom. The van der Waals surface area contributed by atoms with Crippen LogP contribution < -0.4 is 10.5 Å². The third kappa shape index (κ3) is 1.98. The molecule has 82 valence electrons. The minimum atomic E-state index is -0.471. The third-order valence-corrected chi connectivity index (χ3v) is 2.97. The first-order chi connectivity index (χ1) is 7.22. The van der Waals surface area contributed by atoms with E-state index in [2.05, 4.69) is 0 Å². The number of fused-ring (bicyclic) bond motifs is 1. The first-order valence-corrected chi connectivity index (χ1v) is 5.36. The number of nitrogens with two attached hydrogens (primary N) is 1. The Morgan fingerprint density at radius 3 is 3.07 bits per heavy atom. The zero-order chi connectivity index (χ0) is 10.8. The maximum absolute atomic E-state index is 10.00. The second-order valence-corrected chi connectivity index (χ2v) is 4.12. The maximum atomic E-state index is 10.00. The summed E-state index contributed by atoms with van der Waals surface area (Å²) in [6.45, 7) is 3.20. The largest absolute Gasteiger partial charge is 0.493 e. The highest BCUT2D eigenvalue weighted by Gasteiger charge is 2.18. The van der Waals surface area contributed by atoms with Crippen LogP contribution in [-0.2, 0) is 6.42 Å². The summed E-state index contributed by atoms with van der Waals surface area (Å²) in [5.41, 5.74) is 7.67. The fraction of sp³-hybridized carbons (Fsp3) is 0.500. The van der Waals surface area contributed by atoms with E-state index in [1.165, 1.54) is 5.56 Å². The number of hydrogen-bond donors (Lipinski definition) is 2. The molecule has 0 amide bonds. The molecule has 1 aromatic rings. The van der Waals surface area contributed by atoms with Gasteiger partial charge < -0.3 is 15.6 Å². The molecular formula is C12H17NO2. The summed E-state index contributed by atoms with van der Waals surface area (Å²) in [5.74, 6) is 1.04. The van der Waals surface area contributed by atoms with Crippen molar-refractivity contribution in [2.24, 2.45) is 11.7 Å². The van der Waals surface area contributed by atoms with Crippen molar-refractivity contribution in [3.8, 4) is 5.75 Å². The summed E-state index contributed by atoms with van der Waals surface area (Å²) in [4.78, 5) is 0. The van der Waals surface area contributed by atoms with Crippen molar-refractivity contribution in [2.45, 2.75) is 19.4 Å². The molecule has 0 aliphatic carbocycles. The SMILES string of the molecule is CC(CN)C(O)c1ccc2c(c1)CCO2. The van der Waals surface area contributed by atoms with Crippen LogP contribution in [0, 0.1) is 5.92 Å². The van der Waals surface area contributed by atoms with Gasteiger partial charge in [-0.1, -0.05) is 13.0 Å². The van der Waals surface area contributed by atoms with Crippen molar-refractivity contribution < 1.29 is 9.84 Å². The molecule has 2 atom stereocenters. The van der Waals surface area contributed by atoms with Crippen molar-refractivity contribution in [1.82, 2.24) is 0 Å². The average Bonchev–Trinajstić information content (AvgIpc) is 2.73. The second kappa shape index (κ2) is 4.21. The lowest BCUT2D eigenvalue weighted by Crippen LogP contribution is -2.18. The van der Waals surface area contributed by atoms with Gasteiger partial charge in [-0.25, -0.2) is 0 Å². The molecule has 2 unspecified atom stereocenters. The molecule has 3 heteroatoms. The molecule has 1 aromatic carbocycles.